The van der Waals surface area contributed by atoms with Crippen LogP contribution in [-0.4, -0.2) is 9.97 Å². The molecule has 1 aromatic carbocycles. The molecule has 1 unspecified atom stereocenters. The lowest BCUT2D eigenvalue weighted by atomic mass is 10.1. The minimum atomic E-state index is 0.168. The van der Waals surface area contributed by atoms with Crippen molar-refractivity contribution in [3.8, 4) is 0 Å². The third-order valence-electron chi connectivity index (χ3n) is 2.90. The molecule has 0 fully saturated rings. The summed E-state index contributed by atoms with van der Waals surface area (Å²) in [5.41, 5.74) is 1.94. The first-order valence-electron chi connectivity index (χ1n) is 5.94. The minimum absolute atomic E-state index is 0.168. The van der Waals surface area contributed by atoms with Gasteiger partial charge in [-0.2, -0.15) is 0 Å². The summed E-state index contributed by atoms with van der Waals surface area (Å²) in [7, 11) is 0. The number of nitrogens with one attached hydrogen (secondary N) is 1. The summed E-state index contributed by atoms with van der Waals surface area (Å²) in [6.07, 6.45) is 3.61. The molecule has 0 aliphatic carbocycles. The Hall–Kier alpha value is -1.65. The molecule has 1 atom stereocenters. The fourth-order valence-electron chi connectivity index (χ4n) is 1.99. The highest BCUT2D eigenvalue weighted by Crippen LogP contribution is 2.28. The number of anilines is 1. The maximum atomic E-state index is 5.99. The number of aromatic nitrogens is 2. The van der Waals surface area contributed by atoms with Gasteiger partial charge in [0.25, 0.3) is 0 Å². The highest BCUT2D eigenvalue weighted by atomic mass is 35.5. The Morgan fingerprint density at radius 3 is 2.89 bits per heavy atom. The van der Waals surface area contributed by atoms with Gasteiger partial charge in [-0.1, -0.05) is 11.6 Å². The monoisotopic (exact) mass is 289 g/mol. The van der Waals surface area contributed by atoms with Crippen molar-refractivity contribution in [1.29, 1.82) is 0 Å². The Morgan fingerprint density at radius 1 is 1.21 bits per heavy atom. The lowest BCUT2D eigenvalue weighted by Gasteiger charge is -2.14. The van der Waals surface area contributed by atoms with Crippen LogP contribution in [0, 0.1) is 0 Å². The first kappa shape index (κ1) is 12.4. The highest BCUT2D eigenvalue weighted by molar-refractivity contribution is 7.09. The summed E-state index contributed by atoms with van der Waals surface area (Å²) in [5.74, 6) is 0. The maximum absolute atomic E-state index is 5.99. The number of hydrogen-bond donors (Lipinski definition) is 1. The second-order valence-corrected chi connectivity index (χ2v) is 5.62. The standard InChI is InChI=1S/C14H12ClN3S/c1-9(14-17-6-7-19-14)18-12-4-5-16-13-8-10(15)2-3-11(12)13/h2-9H,1H3,(H,16,18). The molecule has 3 rings (SSSR count). The van der Waals surface area contributed by atoms with Crippen molar-refractivity contribution in [2.45, 2.75) is 13.0 Å². The Bertz CT molecular complexity index is 697. The number of rotatable bonds is 3. The third kappa shape index (κ3) is 2.55. The molecule has 19 heavy (non-hydrogen) atoms. The van der Waals surface area contributed by atoms with E-state index < -0.39 is 0 Å². The molecule has 0 aliphatic rings. The van der Waals surface area contributed by atoms with Crippen molar-refractivity contribution in [1.82, 2.24) is 9.97 Å². The average Bonchev–Trinajstić information content (AvgIpc) is 2.92. The van der Waals surface area contributed by atoms with Gasteiger partial charge in [-0.25, -0.2) is 4.98 Å². The number of hydrogen-bond acceptors (Lipinski definition) is 4. The maximum Gasteiger partial charge on any atom is 0.115 e. The topological polar surface area (TPSA) is 37.8 Å². The molecule has 2 heterocycles. The second kappa shape index (κ2) is 5.15. The third-order valence-corrected chi connectivity index (χ3v) is 4.09. The van der Waals surface area contributed by atoms with E-state index in [1.165, 1.54) is 0 Å². The fraction of sp³-hybridized carbons (Fsp3) is 0.143. The van der Waals surface area contributed by atoms with Gasteiger partial charge in [-0.05, 0) is 31.2 Å². The molecule has 2 aromatic heterocycles. The van der Waals surface area contributed by atoms with E-state index >= 15 is 0 Å². The quantitative estimate of drug-likeness (QED) is 0.770. The molecule has 1 N–H and O–H groups in total. The first-order chi connectivity index (χ1) is 9.24. The molecule has 0 aliphatic heterocycles. The van der Waals surface area contributed by atoms with Crippen LogP contribution in [0.2, 0.25) is 5.02 Å². The summed E-state index contributed by atoms with van der Waals surface area (Å²) >= 11 is 7.64. The average molecular weight is 290 g/mol. The number of halogens is 1. The number of pyridine rings is 1. The van der Waals surface area contributed by atoms with Gasteiger partial charge in [0.15, 0.2) is 0 Å². The summed E-state index contributed by atoms with van der Waals surface area (Å²) in [5, 5.41) is 8.29. The van der Waals surface area contributed by atoms with E-state index in [4.69, 9.17) is 11.6 Å². The molecule has 0 spiro atoms. The predicted molar refractivity (Wildman–Crippen MR) is 80.9 cm³/mol. The van der Waals surface area contributed by atoms with Crippen LogP contribution in [0.3, 0.4) is 0 Å². The zero-order valence-corrected chi connectivity index (χ0v) is 11.9. The van der Waals surface area contributed by atoms with Gasteiger partial charge in [0.1, 0.15) is 5.01 Å². The van der Waals surface area contributed by atoms with Gasteiger partial charge in [-0.15, -0.1) is 11.3 Å². The summed E-state index contributed by atoms with van der Waals surface area (Å²) in [6, 6.07) is 7.88. The number of fused-ring (bicyclic) bond motifs is 1. The van der Waals surface area contributed by atoms with Crippen LogP contribution in [0.25, 0.3) is 10.9 Å². The molecule has 3 aromatic rings. The minimum Gasteiger partial charge on any atom is -0.375 e. The van der Waals surface area contributed by atoms with Gasteiger partial charge >= 0.3 is 0 Å². The number of thiazole rings is 1. The van der Waals surface area contributed by atoms with E-state index in [9.17, 15) is 0 Å². The Labute approximate surface area is 120 Å². The zero-order valence-electron chi connectivity index (χ0n) is 10.3. The first-order valence-corrected chi connectivity index (χ1v) is 7.20. The van der Waals surface area contributed by atoms with E-state index in [1.54, 1.807) is 17.5 Å². The van der Waals surface area contributed by atoms with Crippen LogP contribution >= 0.6 is 22.9 Å². The van der Waals surface area contributed by atoms with Crippen LogP contribution in [0.1, 0.15) is 18.0 Å². The molecule has 0 radical (unpaired) electrons. The molecule has 3 nitrogen and oxygen atoms in total. The molecule has 0 saturated carbocycles. The van der Waals surface area contributed by atoms with E-state index in [2.05, 4.69) is 22.2 Å². The molecule has 96 valence electrons. The van der Waals surface area contributed by atoms with E-state index in [0.717, 1.165) is 21.6 Å². The summed E-state index contributed by atoms with van der Waals surface area (Å²) < 4.78 is 0. The van der Waals surface area contributed by atoms with E-state index in [1.807, 2.05) is 35.8 Å². The fourth-order valence-corrected chi connectivity index (χ4v) is 2.80. The molecule has 0 saturated heterocycles. The van der Waals surface area contributed by atoms with Gasteiger partial charge < -0.3 is 5.32 Å². The Balaban J connectivity index is 1.97. The van der Waals surface area contributed by atoms with Crippen molar-refractivity contribution in [3.63, 3.8) is 0 Å². The van der Waals surface area contributed by atoms with Crippen LogP contribution in [0.5, 0.6) is 0 Å². The van der Waals surface area contributed by atoms with Crippen molar-refractivity contribution < 1.29 is 0 Å². The van der Waals surface area contributed by atoms with Gasteiger partial charge in [0, 0.05) is 33.9 Å². The molecule has 5 heteroatoms. The van der Waals surface area contributed by atoms with Crippen LogP contribution in [0.15, 0.2) is 42.0 Å². The second-order valence-electron chi connectivity index (χ2n) is 4.26. The predicted octanol–water partition coefficient (Wildman–Crippen LogP) is 4.52. The molecular formula is C14H12ClN3S. The van der Waals surface area contributed by atoms with Crippen molar-refractivity contribution in [3.05, 3.63) is 52.1 Å². The van der Waals surface area contributed by atoms with Gasteiger partial charge in [0.05, 0.1) is 11.6 Å². The van der Waals surface area contributed by atoms with Crippen molar-refractivity contribution in [2.75, 3.05) is 5.32 Å². The Kier molecular flexibility index (Phi) is 3.36. The van der Waals surface area contributed by atoms with Crippen molar-refractivity contribution >= 4 is 39.5 Å². The lowest BCUT2D eigenvalue weighted by Crippen LogP contribution is -2.06. The number of nitrogens with zero attached hydrogens (tertiary/aromatic N) is 2. The summed E-state index contributed by atoms with van der Waals surface area (Å²) in [6.45, 7) is 2.10. The highest BCUT2D eigenvalue weighted by Gasteiger charge is 2.10. The van der Waals surface area contributed by atoms with E-state index in [0.29, 0.717) is 5.02 Å². The summed E-state index contributed by atoms with van der Waals surface area (Å²) in [4.78, 5) is 8.66. The molecule has 0 amide bonds. The molecule has 0 bridgehead atoms. The largest absolute Gasteiger partial charge is 0.375 e. The van der Waals surface area contributed by atoms with Crippen LogP contribution in [0.4, 0.5) is 5.69 Å². The van der Waals surface area contributed by atoms with Crippen LogP contribution < -0.4 is 5.32 Å². The van der Waals surface area contributed by atoms with Crippen LogP contribution in [-0.2, 0) is 0 Å². The SMILES string of the molecule is CC(Nc1ccnc2cc(Cl)ccc12)c1nccs1. The van der Waals surface area contributed by atoms with Crippen molar-refractivity contribution in [2.24, 2.45) is 0 Å². The zero-order chi connectivity index (χ0) is 13.2. The number of benzene rings is 1. The lowest BCUT2D eigenvalue weighted by molar-refractivity contribution is 0.871. The molecular weight excluding hydrogens is 278 g/mol. The van der Waals surface area contributed by atoms with Gasteiger partial charge in [0.2, 0.25) is 0 Å². The smallest absolute Gasteiger partial charge is 0.115 e. The Morgan fingerprint density at radius 2 is 2.11 bits per heavy atom. The van der Waals surface area contributed by atoms with Gasteiger partial charge in [-0.3, -0.25) is 4.98 Å². The van der Waals surface area contributed by atoms with E-state index in [-0.39, 0.29) is 6.04 Å². The normalized spacial score (nSPS) is 12.5.